The van der Waals surface area contributed by atoms with Gasteiger partial charge in [-0.3, -0.25) is 9.59 Å². The molecule has 4 heteroatoms. The Morgan fingerprint density at radius 2 is 1.47 bits per heavy atom. The lowest BCUT2D eigenvalue weighted by molar-refractivity contribution is -0.140. The molecule has 30 heavy (non-hydrogen) atoms. The third kappa shape index (κ3) is 3.64. The van der Waals surface area contributed by atoms with Gasteiger partial charge in [0.25, 0.3) is 0 Å². The van der Waals surface area contributed by atoms with Crippen LogP contribution in [0.4, 0.5) is 11.4 Å². The maximum Gasteiger partial charge on any atom is 0.231 e. The van der Waals surface area contributed by atoms with Gasteiger partial charge in [-0.15, -0.1) is 0 Å². The zero-order valence-corrected chi connectivity index (χ0v) is 17.6. The molecule has 2 aromatic rings. The molecule has 0 atom stereocenters. The summed E-state index contributed by atoms with van der Waals surface area (Å²) in [5.74, 6) is 2.55. The molecule has 1 N–H and O–H groups in total. The lowest BCUT2D eigenvalue weighted by atomic mass is 9.49. The first-order valence-electron chi connectivity index (χ1n) is 11.2. The van der Waals surface area contributed by atoms with Crippen molar-refractivity contribution in [2.75, 3.05) is 17.3 Å². The van der Waals surface area contributed by atoms with Gasteiger partial charge >= 0.3 is 0 Å². The number of carbonyl (C=O) groups is 2. The van der Waals surface area contributed by atoms with Crippen molar-refractivity contribution in [3.8, 4) is 0 Å². The van der Waals surface area contributed by atoms with Crippen molar-refractivity contribution in [2.45, 2.75) is 44.9 Å². The molecule has 0 radical (unpaired) electrons. The number of carbonyl (C=O) groups excluding carboxylic acids is 2. The van der Waals surface area contributed by atoms with Crippen LogP contribution in [0.2, 0.25) is 0 Å². The summed E-state index contributed by atoms with van der Waals surface area (Å²) in [6.45, 7) is 0. The van der Waals surface area contributed by atoms with E-state index >= 15 is 0 Å². The first kappa shape index (κ1) is 19.3. The number of nitrogens with zero attached hydrogens (tertiary/aromatic N) is 1. The van der Waals surface area contributed by atoms with Crippen molar-refractivity contribution in [3.63, 3.8) is 0 Å². The summed E-state index contributed by atoms with van der Waals surface area (Å²) in [5.41, 5.74) is 2.54. The van der Waals surface area contributed by atoms with Crippen LogP contribution < -0.4 is 10.2 Å². The highest BCUT2D eigenvalue weighted by atomic mass is 16.2. The lowest BCUT2D eigenvalue weighted by Crippen LogP contribution is -2.51. The zero-order valence-electron chi connectivity index (χ0n) is 17.6. The van der Waals surface area contributed by atoms with E-state index in [1.165, 1.54) is 19.3 Å². The van der Waals surface area contributed by atoms with Gasteiger partial charge in [0.1, 0.15) is 0 Å². The molecular weight excluding hydrogens is 372 g/mol. The summed E-state index contributed by atoms with van der Waals surface area (Å²) in [6, 6.07) is 17.4. The highest BCUT2D eigenvalue weighted by Gasteiger charge is 2.54. The Hall–Kier alpha value is -2.62. The zero-order chi connectivity index (χ0) is 20.7. The molecule has 2 aromatic carbocycles. The quantitative estimate of drug-likeness (QED) is 0.761. The van der Waals surface area contributed by atoms with E-state index in [4.69, 9.17) is 0 Å². The second kappa shape index (κ2) is 7.57. The van der Waals surface area contributed by atoms with Crippen molar-refractivity contribution >= 4 is 23.2 Å². The Morgan fingerprint density at radius 3 is 2.03 bits per heavy atom. The maximum absolute atomic E-state index is 13.2. The van der Waals surface area contributed by atoms with E-state index in [2.05, 4.69) is 5.32 Å². The van der Waals surface area contributed by atoms with Crippen molar-refractivity contribution in [1.82, 2.24) is 0 Å². The monoisotopic (exact) mass is 402 g/mol. The summed E-state index contributed by atoms with van der Waals surface area (Å²) >= 11 is 0. The van der Waals surface area contributed by atoms with Crippen molar-refractivity contribution in [3.05, 3.63) is 60.2 Å². The second-order valence-corrected chi connectivity index (χ2v) is 9.81. The van der Waals surface area contributed by atoms with Crippen LogP contribution in [0.25, 0.3) is 0 Å². The molecule has 4 nitrogen and oxygen atoms in total. The number of nitrogens with one attached hydrogen (secondary N) is 1. The van der Waals surface area contributed by atoms with Crippen LogP contribution in [0.15, 0.2) is 54.6 Å². The van der Waals surface area contributed by atoms with Crippen LogP contribution >= 0.6 is 0 Å². The summed E-state index contributed by atoms with van der Waals surface area (Å²) < 4.78 is 0. The molecule has 0 aromatic heterocycles. The Balaban J connectivity index is 1.21. The van der Waals surface area contributed by atoms with Crippen LogP contribution in [0.3, 0.4) is 0 Å². The second-order valence-electron chi connectivity index (χ2n) is 9.81. The standard InChI is InChI=1S/C26H30N2O2/c1-28(23-5-3-2-4-6-23)24(29)14-18-7-9-22(10-8-18)27-25(30)26-15-19-11-20(16-26)13-21(12-19)17-26/h2-10,19-21H,11-17H2,1H3,(H,27,30). The van der Waals surface area contributed by atoms with Gasteiger partial charge in [-0.1, -0.05) is 30.3 Å². The fourth-order valence-corrected chi connectivity index (χ4v) is 6.45. The van der Waals surface area contributed by atoms with Crippen LogP contribution in [0.1, 0.15) is 44.1 Å². The fourth-order valence-electron chi connectivity index (χ4n) is 6.45. The lowest BCUT2D eigenvalue weighted by Gasteiger charge is -2.55. The first-order chi connectivity index (χ1) is 14.5. The number of benzene rings is 2. The number of para-hydroxylation sites is 1. The average Bonchev–Trinajstić information content (AvgIpc) is 2.74. The third-order valence-electron chi connectivity index (χ3n) is 7.60. The maximum atomic E-state index is 13.2. The molecule has 4 aliphatic rings. The Morgan fingerprint density at radius 1 is 0.900 bits per heavy atom. The van der Waals surface area contributed by atoms with Crippen LogP contribution in [0, 0.1) is 23.2 Å². The molecule has 0 heterocycles. The third-order valence-corrected chi connectivity index (χ3v) is 7.60. The Bertz CT molecular complexity index is 900. The molecule has 2 amide bonds. The summed E-state index contributed by atoms with van der Waals surface area (Å²) in [5, 5.41) is 3.19. The highest BCUT2D eigenvalue weighted by Crippen LogP contribution is 2.60. The molecule has 6 rings (SSSR count). The van der Waals surface area contributed by atoms with E-state index in [0.29, 0.717) is 6.42 Å². The van der Waals surface area contributed by atoms with Gasteiger partial charge in [0.05, 0.1) is 11.8 Å². The average molecular weight is 403 g/mol. The molecule has 4 saturated carbocycles. The molecular formula is C26H30N2O2. The number of hydrogen-bond donors (Lipinski definition) is 1. The number of likely N-dealkylation sites (N-methyl/N-ethyl adjacent to an activating group) is 1. The molecule has 156 valence electrons. The molecule has 0 unspecified atom stereocenters. The van der Waals surface area contributed by atoms with E-state index in [-0.39, 0.29) is 17.2 Å². The fraction of sp³-hybridized carbons (Fsp3) is 0.462. The molecule has 0 saturated heterocycles. The van der Waals surface area contributed by atoms with Gasteiger partial charge in [-0.25, -0.2) is 0 Å². The minimum absolute atomic E-state index is 0.0477. The number of anilines is 2. The van der Waals surface area contributed by atoms with Crippen LogP contribution in [-0.2, 0) is 16.0 Å². The van der Waals surface area contributed by atoms with E-state index in [1.54, 1.807) is 11.9 Å². The smallest absolute Gasteiger partial charge is 0.231 e. The van der Waals surface area contributed by atoms with Gasteiger partial charge in [0, 0.05) is 18.4 Å². The van der Waals surface area contributed by atoms with E-state index < -0.39 is 0 Å². The summed E-state index contributed by atoms with van der Waals surface area (Å²) in [6.07, 6.45) is 7.58. The minimum Gasteiger partial charge on any atom is -0.326 e. The molecule has 0 aliphatic heterocycles. The topological polar surface area (TPSA) is 49.4 Å². The van der Waals surface area contributed by atoms with Gasteiger partial charge in [0.15, 0.2) is 0 Å². The number of amides is 2. The molecule has 4 bridgehead atoms. The predicted molar refractivity (Wildman–Crippen MR) is 119 cm³/mol. The molecule has 4 aliphatic carbocycles. The van der Waals surface area contributed by atoms with Crippen molar-refractivity contribution in [1.29, 1.82) is 0 Å². The van der Waals surface area contributed by atoms with Gasteiger partial charge in [0.2, 0.25) is 11.8 Å². The van der Waals surface area contributed by atoms with E-state index in [9.17, 15) is 9.59 Å². The Kier molecular flexibility index (Phi) is 4.88. The van der Waals surface area contributed by atoms with Gasteiger partial charge in [-0.2, -0.15) is 0 Å². The first-order valence-corrected chi connectivity index (χ1v) is 11.2. The van der Waals surface area contributed by atoms with Gasteiger partial charge in [-0.05, 0) is 86.1 Å². The van der Waals surface area contributed by atoms with Crippen molar-refractivity contribution in [2.24, 2.45) is 23.2 Å². The number of rotatable bonds is 5. The normalized spacial score (nSPS) is 28.9. The largest absolute Gasteiger partial charge is 0.326 e. The van der Waals surface area contributed by atoms with E-state index in [0.717, 1.165) is 54.0 Å². The predicted octanol–water partition coefficient (Wildman–Crippen LogP) is 5.05. The van der Waals surface area contributed by atoms with Gasteiger partial charge < -0.3 is 10.2 Å². The summed E-state index contributed by atoms with van der Waals surface area (Å²) in [7, 11) is 1.80. The number of hydrogen-bond acceptors (Lipinski definition) is 2. The van der Waals surface area contributed by atoms with E-state index in [1.807, 2.05) is 54.6 Å². The minimum atomic E-state index is -0.137. The SMILES string of the molecule is CN(C(=O)Cc1ccc(NC(=O)C23CC4CC(CC(C4)C2)C3)cc1)c1ccccc1. The summed E-state index contributed by atoms with van der Waals surface area (Å²) in [4.78, 5) is 27.5. The van der Waals surface area contributed by atoms with Crippen molar-refractivity contribution < 1.29 is 9.59 Å². The Labute approximate surface area is 178 Å². The van der Waals surface area contributed by atoms with Crippen LogP contribution in [0.5, 0.6) is 0 Å². The highest BCUT2D eigenvalue weighted by molar-refractivity contribution is 5.96. The van der Waals surface area contributed by atoms with Crippen LogP contribution in [-0.4, -0.2) is 18.9 Å². The molecule has 4 fully saturated rings. The molecule has 0 spiro atoms.